The van der Waals surface area contributed by atoms with Gasteiger partial charge in [-0.2, -0.15) is 0 Å². The molecule has 0 saturated carbocycles. The van der Waals surface area contributed by atoms with Crippen LogP contribution in [0.3, 0.4) is 0 Å². The molecule has 1 saturated heterocycles. The van der Waals surface area contributed by atoms with Crippen LogP contribution >= 0.6 is 0 Å². The van der Waals surface area contributed by atoms with Gasteiger partial charge in [0.15, 0.2) is 9.84 Å². The van der Waals surface area contributed by atoms with Crippen molar-refractivity contribution in [3.8, 4) is 0 Å². The van der Waals surface area contributed by atoms with Crippen LogP contribution < -0.4 is 0 Å². The Hall–Kier alpha value is -2.92. The smallest absolute Gasteiger partial charge is 0.254 e. The summed E-state index contributed by atoms with van der Waals surface area (Å²) in [4.78, 5) is 15.4. The van der Waals surface area contributed by atoms with E-state index < -0.39 is 9.84 Å². The highest BCUT2D eigenvalue weighted by molar-refractivity contribution is 7.90. The van der Waals surface area contributed by atoms with E-state index in [1.807, 2.05) is 23.1 Å². The first kappa shape index (κ1) is 19.4. The molecule has 4 rings (SSSR count). The molecule has 1 amide bonds. The van der Waals surface area contributed by atoms with Crippen molar-refractivity contribution in [1.29, 1.82) is 0 Å². The second-order valence-electron chi connectivity index (χ2n) is 7.34. The number of carbonyl (C=O) groups excluding carboxylic acids is 1. The summed E-state index contributed by atoms with van der Waals surface area (Å²) in [6.45, 7) is 0.713. The Kier molecular flexibility index (Phi) is 5.49. The quantitative estimate of drug-likeness (QED) is 0.621. The van der Waals surface area contributed by atoms with Crippen LogP contribution in [-0.4, -0.2) is 25.8 Å². The Bertz CT molecular complexity index is 1100. The molecule has 0 N–H and O–H groups in total. The summed E-state index contributed by atoms with van der Waals surface area (Å²) in [6.07, 6.45) is 1.91. The number of carbonyl (C=O) groups is 1. The van der Waals surface area contributed by atoms with Crippen molar-refractivity contribution in [2.75, 3.05) is 6.54 Å². The number of benzene rings is 3. The second kappa shape index (κ2) is 8.21. The molecule has 1 heterocycles. The summed E-state index contributed by atoms with van der Waals surface area (Å²) in [5.41, 5.74) is 2.30. The summed E-state index contributed by atoms with van der Waals surface area (Å²) >= 11 is 0. The topological polar surface area (TPSA) is 54.5 Å². The Labute approximate surface area is 171 Å². The number of nitrogens with zero attached hydrogens (tertiary/aromatic N) is 1. The Morgan fingerprint density at radius 2 is 1.59 bits per heavy atom. The predicted octanol–water partition coefficient (Wildman–Crippen LogP) is 4.64. The van der Waals surface area contributed by atoms with Gasteiger partial charge in [-0.25, -0.2) is 8.42 Å². The summed E-state index contributed by atoms with van der Waals surface area (Å²) in [7, 11) is -3.45. The van der Waals surface area contributed by atoms with Crippen molar-refractivity contribution < 1.29 is 13.2 Å². The van der Waals surface area contributed by atoms with E-state index in [9.17, 15) is 13.2 Å². The summed E-state index contributed by atoms with van der Waals surface area (Å²) in [6, 6.07) is 25.5. The standard InChI is InChI=1S/C24H23NO3S/c26-24(25-16-8-15-23(25)20-10-3-1-4-11-20)21-12-7-9-19(17-21)18-29(27,28)22-13-5-2-6-14-22/h1-7,9-14,17,23H,8,15-16,18H2/t23-/m1/s1. The van der Waals surface area contributed by atoms with Gasteiger partial charge < -0.3 is 4.90 Å². The molecule has 3 aromatic carbocycles. The third-order valence-electron chi connectivity index (χ3n) is 5.33. The number of sulfone groups is 1. The van der Waals surface area contributed by atoms with Crippen LogP contribution in [0.1, 0.15) is 40.4 Å². The third-order valence-corrected chi connectivity index (χ3v) is 7.03. The average Bonchev–Trinajstić information content (AvgIpc) is 3.24. The number of hydrogen-bond donors (Lipinski definition) is 0. The molecule has 0 spiro atoms. The van der Waals surface area contributed by atoms with Crippen molar-refractivity contribution in [2.24, 2.45) is 0 Å². The molecular formula is C24H23NO3S. The van der Waals surface area contributed by atoms with E-state index >= 15 is 0 Å². The van der Waals surface area contributed by atoms with Crippen LogP contribution in [0.25, 0.3) is 0 Å². The van der Waals surface area contributed by atoms with Gasteiger partial charge in [-0.1, -0.05) is 60.7 Å². The third kappa shape index (κ3) is 4.25. The maximum atomic E-state index is 13.2. The zero-order chi connectivity index (χ0) is 20.3. The molecule has 0 bridgehead atoms. The molecule has 0 unspecified atom stereocenters. The molecule has 148 valence electrons. The lowest BCUT2D eigenvalue weighted by Gasteiger charge is -2.25. The van der Waals surface area contributed by atoms with Crippen LogP contribution in [-0.2, 0) is 15.6 Å². The van der Waals surface area contributed by atoms with Crippen LogP contribution in [0, 0.1) is 0 Å². The lowest BCUT2D eigenvalue weighted by Crippen LogP contribution is -2.30. The van der Waals surface area contributed by atoms with Gasteiger partial charge in [-0.3, -0.25) is 4.79 Å². The first-order valence-corrected chi connectivity index (χ1v) is 11.4. The van der Waals surface area contributed by atoms with E-state index in [-0.39, 0.29) is 17.7 Å². The molecule has 0 radical (unpaired) electrons. The number of amides is 1. The SMILES string of the molecule is O=C(c1cccc(CS(=O)(=O)c2ccccc2)c1)N1CCC[C@@H]1c1ccccc1. The Morgan fingerprint density at radius 1 is 0.897 bits per heavy atom. The predicted molar refractivity (Wildman–Crippen MR) is 113 cm³/mol. The lowest BCUT2D eigenvalue weighted by atomic mass is 10.0. The van der Waals surface area contributed by atoms with Gasteiger partial charge in [0.2, 0.25) is 0 Å². The molecule has 0 aliphatic carbocycles. The molecule has 0 aromatic heterocycles. The van der Waals surface area contributed by atoms with Gasteiger partial charge in [0, 0.05) is 12.1 Å². The fourth-order valence-corrected chi connectivity index (χ4v) is 5.28. The molecule has 5 heteroatoms. The van der Waals surface area contributed by atoms with Crippen LogP contribution in [0.2, 0.25) is 0 Å². The van der Waals surface area contributed by atoms with Gasteiger partial charge in [-0.15, -0.1) is 0 Å². The highest BCUT2D eigenvalue weighted by Crippen LogP contribution is 2.33. The van der Waals surface area contributed by atoms with E-state index in [4.69, 9.17) is 0 Å². The minimum absolute atomic E-state index is 0.0460. The zero-order valence-corrected chi connectivity index (χ0v) is 16.9. The minimum atomic E-state index is -3.45. The molecular weight excluding hydrogens is 382 g/mol. The fourth-order valence-electron chi connectivity index (χ4n) is 3.92. The lowest BCUT2D eigenvalue weighted by molar-refractivity contribution is 0.0735. The van der Waals surface area contributed by atoms with Gasteiger partial charge in [0.1, 0.15) is 0 Å². The molecule has 4 nitrogen and oxygen atoms in total. The molecule has 1 aliphatic heterocycles. The molecule has 1 fully saturated rings. The number of hydrogen-bond acceptors (Lipinski definition) is 3. The molecule has 3 aromatic rings. The number of rotatable bonds is 5. The van der Waals surface area contributed by atoms with E-state index in [0.29, 0.717) is 22.6 Å². The van der Waals surface area contributed by atoms with Crippen molar-refractivity contribution in [1.82, 2.24) is 4.90 Å². The summed E-state index contributed by atoms with van der Waals surface area (Å²) < 4.78 is 25.4. The van der Waals surface area contributed by atoms with Gasteiger partial charge >= 0.3 is 0 Å². The van der Waals surface area contributed by atoms with Gasteiger partial charge in [0.25, 0.3) is 5.91 Å². The van der Waals surface area contributed by atoms with E-state index in [1.165, 1.54) is 0 Å². The van der Waals surface area contributed by atoms with Crippen LogP contribution in [0.4, 0.5) is 0 Å². The largest absolute Gasteiger partial charge is 0.332 e. The monoisotopic (exact) mass is 405 g/mol. The van der Waals surface area contributed by atoms with Gasteiger partial charge in [0.05, 0.1) is 16.7 Å². The normalized spacial score (nSPS) is 16.7. The van der Waals surface area contributed by atoms with Crippen molar-refractivity contribution in [3.05, 3.63) is 102 Å². The van der Waals surface area contributed by atoms with Crippen molar-refractivity contribution >= 4 is 15.7 Å². The average molecular weight is 406 g/mol. The molecule has 1 aliphatic rings. The van der Waals surface area contributed by atoms with E-state index in [2.05, 4.69) is 12.1 Å². The second-order valence-corrected chi connectivity index (χ2v) is 9.33. The van der Waals surface area contributed by atoms with Crippen LogP contribution in [0.5, 0.6) is 0 Å². The molecule has 29 heavy (non-hydrogen) atoms. The van der Waals surface area contributed by atoms with Crippen molar-refractivity contribution in [3.63, 3.8) is 0 Å². The number of likely N-dealkylation sites (tertiary alicyclic amines) is 1. The van der Waals surface area contributed by atoms with Crippen LogP contribution in [0.15, 0.2) is 89.8 Å². The first-order chi connectivity index (χ1) is 14.0. The fraction of sp³-hybridized carbons (Fsp3) is 0.208. The maximum absolute atomic E-state index is 13.2. The van der Waals surface area contributed by atoms with E-state index in [0.717, 1.165) is 18.4 Å². The Balaban J connectivity index is 1.56. The highest BCUT2D eigenvalue weighted by Gasteiger charge is 2.30. The summed E-state index contributed by atoms with van der Waals surface area (Å²) in [5, 5.41) is 0. The molecule has 1 atom stereocenters. The van der Waals surface area contributed by atoms with Gasteiger partial charge in [-0.05, 0) is 48.2 Å². The Morgan fingerprint density at radius 3 is 2.31 bits per heavy atom. The maximum Gasteiger partial charge on any atom is 0.254 e. The highest BCUT2D eigenvalue weighted by atomic mass is 32.2. The first-order valence-electron chi connectivity index (χ1n) is 9.77. The zero-order valence-electron chi connectivity index (χ0n) is 16.1. The van der Waals surface area contributed by atoms with E-state index in [1.54, 1.807) is 54.6 Å². The van der Waals surface area contributed by atoms with Crippen molar-refractivity contribution in [2.45, 2.75) is 29.5 Å². The minimum Gasteiger partial charge on any atom is -0.332 e. The summed E-state index contributed by atoms with van der Waals surface area (Å²) in [5.74, 6) is -0.171.